The molecule has 156 valence electrons. The van der Waals surface area contributed by atoms with E-state index in [9.17, 15) is 9.59 Å². The average molecular weight is 419 g/mol. The number of amides is 1. The molecule has 0 atom stereocenters. The van der Waals surface area contributed by atoms with Crippen LogP contribution >= 0.6 is 12.4 Å². The van der Waals surface area contributed by atoms with E-state index in [0.29, 0.717) is 12.1 Å². The van der Waals surface area contributed by atoms with Gasteiger partial charge in [-0.25, -0.2) is 4.79 Å². The number of carbonyl (C=O) groups is 2. The maximum absolute atomic E-state index is 12.5. The van der Waals surface area contributed by atoms with Crippen molar-refractivity contribution in [3.05, 3.63) is 54.1 Å². The van der Waals surface area contributed by atoms with Crippen molar-refractivity contribution in [3.8, 4) is 11.1 Å². The molecule has 2 aromatic rings. The zero-order valence-electron chi connectivity index (χ0n) is 16.5. The maximum atomic E-state index is 12.5. The number of hydrogen-bond donors (Lipinski definition) is 2. The van der Waals surface area contributed by atoms with Gasteiger partial charge < -0.3 is 14.7 Å². The summed E-state index contributed by atoms with van der Waals surface area (Å²) in [6, 6.07) is 15.4. The molecule has 0 bridgehead atoms. The highest BCUT2D eigenvalue weighted by Gasteiger charge is 2.21. The van der Waals surface area contributed by atoms with Gasteiger partial charge in [0.25, 0.3) is 0 Å². The number of benzene rings is 2. The fourth-order valence-corrected chi connectivity index (χ4v) is 3.36. The van der Waals surface area contributed by atoms with Gasteiger partial charge in [-0.1, -0.05) is 42.5 Å². The molecular weight excluding hydrogens is 392 g/mol. The Morgan fingerprint density at radius 2 is 1.83 bits per heavy atom. The molecule has 0 unspecified atom stereocenters. The van der Waals surface area contributed by atoms with E-state index < -0.39 is 12.1 Å². The molecule has 1 fully saturated rings. The summed E-state index contributed by atoms with van der Waals surface area (Å²) in [5.41, 5.74) is 3.34. The van der Waals surface area contributed by atoms with E-state index in [4.69, 9.17) is 9.84 Å². The summed E-state index contributed by atoms with van der Waals surface area (Å²) in [6.45, 7) is 1.83. The highest BCUT2D eigenvalue weighted by atomic mass is 35.5. The van der Waals surface area contributed by atoms with Crippen LogP contribution in [0.5, 0.6) is 0 Å². The summed E-state index contributed by atoms with van der Waals surface area (Å²) < 4.78 is 5.60. The van der Waals surface area contributed by atoms with Crippen LogP contribution in [0.4, 0.5) is 10.5 Å². The Labute approximate surface area is 177 Å². The molecule has 7 heteroatoms. The number of rotatable bonds is 6. The van der Waals surface area contributed by atoms with Crippen LogP contribution in [-0.2, 0) is 16.0 Å². The number of hydrogen-bond acceptors (Lipinski definition) is 4. The lowest BCUT2D eigenvalue weighted by molar-refractivity contribution is -0.136. The van der Waals surface area contributed by atoms with Gasteiger partial charge in [-0.2, -0.15) is 0 Å². The number of likely N-dealkylation sites (tertiary alicyclic amines) is 1. The second-order valence-corrected chi connectivity index (χ2v) is 7.17. The number of anilines is 1. The highest BCUT2D eigenvalue weighted by Crippen LogP contribution is 2.30. The maximum Gasteiger partial charge on any atom is 0.411 e. The Morgan fingerprint density at radius 3 is 2.48 bits per heavy atom. The van der Waals surface area contributed by atoms with Crippen LogP contribution in [-0.4, -0.2) is 48.3 Å². The number of aryl methyl sites for hydroxylation is 1. The van der Waals surface area contributed by atoms with Crippen molar-refractivity contribution in [2.24, 2.45) is 0 Å². The third kappa shape index (κ3) is 6.76. The van der Waals surface area contributed by atoms with Crippen molar-refractivity contribution >= 4 is 30.2 Å². The Kier molecular flexibility index (Phi) is 8.49. The fourth-order valence-electron chi connectivity index (χ4n) is 3.36. The number of nitrogens with one attached hydrogen (secondary N) is 1. The van der Waals surface area contributed by atoms with Crippen LogP contribution < -0.4 is 5.32 Å². The molecule has 0 spiro atoms. The minimum absolute atomic E-state index is 0. The van der Waals surface area contributed by atoms with Gasteiger partial charge in [0.05, 0.1) is 5.69 Å². The Balaban J connectivity index is 0.00000300. The van der Waals surface area contributed by atoms with Gasteiger partial charge in [0.15, 0.2) is 0 Å². The zero-order valence-corrected chi connectivity index (χ0v) is 17.3. The van der Waals surface area contributed by atoms with Crippen molar-refractivity contribution in [1.29, 1.82) is 0 Å². The lowest BCUT2D eigenvalue weighted by Gasteiger charge is -2.28. The number of aliphatic carboxylic acids is 1. The summed E-state index contributed by atoms with van der Waals surface area (Å²) in [4.78, 5) is 25.6. The van der Waals surface area contributed by atoms with Crippen LogP contribution in [0, 0.1) is 0 Å². The van der Waals surface area contributed by atoms with Gasteiger partial charge in [0.1, 0.15) is 6.10 Å². The monoisotopic (exact) mass is 418 g/mol. The summed E-state index contributed by atoms with van der Waals surface area (Å²) in [6.07, 6.45) is 1.56. The predicted octanol–water partition coefficient (Wildman–Crippen LogP) is 4.44. The first-order chi connectivity index (χ1) is 13.5. The van der Waals surface area contributed by atoms with Crippen LogP contribution in [0.2, 0.25) is 0 Å². The van der Waals surface area contributed by atoms with Crippen LogP contribution in [0.1, 0.15) is 24.8 Å². The predicted molar refractivity (Wildman–Crippen MR) is 116 cm³/mol. The van der Waals surface area contributed by atoms with E-state index in [2.05, 4.69) is 17.3 Å². The van der Waals surface area contributed by atoms with Gasteiger partial charge in [0.2, 0.25) is 0 Å². The number of carbonyl (C=O) groups excluding carboxylic acids is 1. The van der Waals surface area contributed by atoms with E-state index in [1.165, 1.54) is 0 Å². The molecule has 0 aliphatic carbocycles. The molecule has 2 aromatic carbocycles. The van der Waals surface area contributed by atoms with Gasteiger partial charge in [-0.3, -0.25) is 10.1 Å². The zero-order chi connectivity index (χ0) is 19.9. The average Bonchev–Trinajstić information content (AvgIpc) is 2.69. The molecule has 2 N–H and O–H groups in total. The number of ether oxygens (including phenoxy) is 1. The van der Waals surface area contributed by atoms with E-state index >= 15 is 0 Å². The summed E-state index contributed by atoms with van der Waals surface area (Å²) in [5.74, 6) is -0.844. The molecule has 1 aliphatic rings. The SMILES string of the molecule is CN1CCC(OC(=O)Nc2cc(CCC(=O)O)ccc2-c2ccccc2)CC1.Cl. The van der Waals surface area contributed by atoms with E-state index in [1.807, 2.05) is 48.5 Å². The van der Waals surface area contributed by atoms with Gasteiger partial charge in [-0.15, -0.1) is 12.4 Å². The number of carboxylic acid groups (broad SMARTS) is 1. The first kappa shape index (κ1) is 22.7. The third-order valence-electron chi connectivity index (χ3n) is 4.97. The van der Waals surface area contributed by atoms with Crippen molar-refractivity contribution in [2.75, 3.05) is 25.5 Å². The van der Waals surface area contributed by atoms with Crippen LogP contribution in [0.15, 0.2) is 48.5 Å². The van der Waals surface area contributed by atoms with E-state index in [0.717, 1.165) is 42.6 Å². The smallest absolute Gasteiger partial charge is 0.411 e. The molecular formula is C22H27ClN2O4. The number of halogens is 1. The minimum Gasteiger partial charge on any atom is -0.481 e. The molecule has 0 aromatic heterocycles. The van der Waals surface area contributed by atoms with Gasteiger partial charge in [0, 0.05) is 25.1 Å². The number of piperidine rings is 1. The first-order valence-electron chi connectivity index (χ1n) is 9.57. The van der Waals surface area contributed by atoms with Crippen molar-refractivity contribution in [3.63, 3.8) is 0 Å². The van der Waals surface area contributed by atoms with Crippen LogP contribution in [0.3, 0.4) is 0 Å². The second kappa shape index (κ2) is 10.8. The Hall–Kier alpha value is -2.57. The topological polar surface area (TPSA) is 78.9 Å². The van der Waals surface area contributed by atoms with E-state index in [1.54, 1.807) is 0 Å². The molecule has 1 saturated heterocycles. The molecule has 3 rings (SSSR count). The number of carboxylic acids is 1. The summed E-state index contributed by atoms with van der Waals surface area (Å²) in [7, 11) is 2.06. The standard InChI is InChI=1S/C22H26N2O4.ClH/c1-24-13-11-18(12-14-24)28-22(27)23-20-15-16(8-10-21(25)26)7-9-19(20)17-5-3-2-4-6-17;/h2-7,9,15,18H,8,10-14H2,1H3,(H,23,27)(H,25,26);1H. The molecule has 1 amide bonds. The van der Waals surface area contributed by atoms with Crippen molar-refractivity contribution in [2.45, 2.75) is 31.8 Å². The lowest BCUT2D eigenvalue weighted by atomic mass is 9.99. The van der Waals surface area contributed by atoms with Crippen molar-refractivity contribution < 1.29 is 19.4 Å². The molecule has 6 nitrogen and oxygen atoms in total. The molecule has 0 saturated carbocycles. The third-order valence-corrected chi connectivity index (χ3v) is 4.97. The Bertz CT molecular complexity index is 821. The lowest BCUT2D eigenvalue weighted by Crippen LogP contribution is -2.36. The number of nitrogens with zero attached hydrogens (tertiary/aromatic N) is 1. The molecule has 1 aliphatic heterocycles. The second-order valence-electron chi connectivity index (χ2n) is 7.17. The summed E-state index contributed by atoms with van der Waals surface area (Å²) in [5, 5.41) is 11.8. The minimum atomic E-state index is -0.844. The largest absolute Gasteiger partial charge is 0.481 e. The Morgan fingerprint density at radius 1 is 1.14 bits per heavy atom. The quantitative estimate of drug-likeness (QED) is 0.725. The highest BCUT2D eigenvalue weighted by molar-refractivity contribution is 5.91. The molecule has 29 heavy (non-hydrogen) atoms. The van der Waals surface area contributed by atoms with E-state index in [-0.39, 0.29) is 24.9 Å². The van der Waals surface area contributed by atoms with Gasteiger partial charge in [-0.05, 0) is 43.5 Å². The first-order valence-corrected chi connectivity index (χ1v) is 9.57. The molecule has 1 heterocycles. The fraction of sp³-hybridized carbons (Fsp3) is 0.364. The molecule has 0 radical (unpaired) electrons. The van der Waals surface area contributed by atoms with Crippen LogP contribution in [0.25, 0.3) is 11.1 Å². The summed E-state index contributed by atoms with van der Waals surface area (Å²) >= 11 is 0. The van der Waals surface area contributed by atoms with Crippen molar-refractivity contribution in [1.82, 2.24) is 4.90 Å². The normalized spacial score (nSPS) is 14.7. The van der Waals surface area contributed by atoms with Gasteiger partial charge >= 0.3 is 12.1 Å².